The molecule has 2 aromatic carbocycles. The minimum absolute atomic E-state index is 0.0137. The molecule has 3 nitrogen and oxygen atoms in total. The van der Waals surface area contributed by atoms with Crippen LogP contribution in [0.2, 0.25) is 0 Å². The zero-order valence-corrected chi connectivity index (χ0v) is 13.2. The molecule has 0 amide bonds. The van der Waals surface area contributed by atoms with E-state index < -0.39 is 5.82 Å². The summed E-state index contributed by atoms with van der Waals surface area (Å²) in [5, 5.41) is 0. The van der Waals surface area contributed by atoms with Gasteiger partial charge in [-0.3, -0.25) is 4.79 Å². The minimum atomic E-state index is -0.459. The van der Waals surface area contributed by atoms with Crippen LogP contribution in [0.3, 0.4) is 0 Å². The van der Waals surface area contributed by atoms with E-state index in [2.05, 4.69) is 15.9 Å². The minimum Gasteiger partial charge on any atom is -0.494 e. The summed E-state index contributed by atoms with van der Waals surface area (Å²) in [6.45, 7) is 1.47. The first-order valence-corrected chi connectivity index (χ1v) is 7.07. The quantitative estimate of drug-likeness (QED) is 0.749. The lowest BCUT2D eigenvalue weighted by molar-refractivity contribution is 0.101. The summed E-state index contributed by atoms with van der Waals surface area (Å²) in [6, 6.07) is 9.96. The van der Waals surface area contributed by atoms with Gasteiger partial charge in [0.05, 0.1) is 12.7 Å². The summed E-state index contributed by atoms with van der Waals surface area (Å²) in [6.07, 6.45) is 0. The zero-order valence-electron chi connectivity index (χ0n) is 11.7. The van der Waals surface area contributed by atoms with Crippen molar-refractivity contribution < 1.29 is 18.7 Å². The highest BCUT2D eigenvalue weighted by Gasteiger charge is 2.12. The largest absolute Gasteiger partial charge is 0.494 e. The average Bonchev–Trinajstić information content (AvgIpc) is 2.46. The third kappa shape index (κ3) is 3.61. The van der Waals surface area contributed by atoms with Gasteiger partial charge < -0.3 is 9.47 Å². The molecule has 0 radical (unpaired) electrons. The van der Waals surface area contributed by atoms with Crippen LogP contribution in [0.1, 0.15) is 22.8 Å². The number of ketones is 1. The Bertz CT molecular complexity index is 671. The number of rotatable bonds is 5. The first-order valence-electron chi connectivity index (χ1n) is 6.27. The summed E-state index contributed by atoms with van der Waals surface area (Å²) >= 11 is 3.32. The monoisotopic (exact) mass is 352 g/mol. The van der Waals surface area contributed by atoms with E-state index in [-0.39, 0.29) is 18.1 Å². The predicted molar refractivity (Wildman–Crippen MR) is 81.4 cm³/mol. The highest BCUT2D eigenvalue weighted by molar-refractivity contribution is 9.10. The van der Waals surface area contributed by atoms with Crippen molar-refractivity contribution in [2.45, 2.75) is 13.5 Å². The van der Waals surface area contributed by atoms with Gasteiger partial charge in [-0.1, -0.05) is 28.1 Å². The van der Waals surface area contributed by atoms with Gasteiger partial charge in [0.1, 0.15) is 12.4 Å². The van der Waals surface area contributed by atoms with Crippen molar-refractivity contribution in [1.82, 2.24) is 0 Å². The van der Waals surface area contributed by atoms with Gasteiger partial charge in [0.25, 0.3) is 0 Å². The van der Waals surface area contributed by atoms with Crippen LogP contribution in [0, 0.1) is 5.82 Å². The van der Waals surface area contributed by atoms with Crippen molar-refractivity contribution in [2.75, 3.05) is 7.11 Å². The molecule has 0 aliphatic carbocycles. The van der Waals surface area contributed by atoms with Crippen molar-refractivity contribution in [2.24, 2.45) is 0 Å². The maximum absolute atomic E-state index is 14.0. The lowest BCUT2D eigenvalue weighted by Gasteiger charge is -2.12. The van der Waals surface area contributed by atoms with E-state index in [0.717, 1.165) is 4.47 Å². The Labute approximate surface area is 130 Å². The number of hydrogen-bond donors (Lipinski definition) is 0. The molecule has 21 heavy (non-hydrogen) atoms. The predicted octanol–water partition coefficient (Wildman–Crippen LogP) is 4.38. The molecule has 2 rings (SSSR count). The molecule has 110 valence electrons. The topological polar surface area (TPSA) is 35.5 Å². The normalized spacial score (nSPS) is 10.3. The SMILES string of the molecule is COc1cccc(COc2cc(Br)ccc2C(C)=O)c1F. The molecule has 0 heterocycles. The van der Waals surface area contributed by atoms with Crippen molar-refractivity contribution in [3.8, 4) is 11.5 Å². The Morgan fingerprint density at radius 1 is 1.24 bits per heavy atom. The van der Waals surface area contributed by atoms with Gasteiger partial charge in [-0.15, -0.1) is 0 Å². The van der Waals surface area contributed by atoms with Gasteiger partial charge >= 0.3 is 0 Å². The van der Waals surface area contributed by atoms with E-state index in [0.29, 0.717) is 16.9 Å². The Morgan fingerprint density at radius 2 is 2.00 bits per heavy atom. The Hall–Kier alpha value is -1.88. The van der Waals surface area contributed by atoms with Gasteiger partial charge in [0.15, 0.2) is 17.3 Å². The smallest absolute Gasteiger partial charge is 0.171 e. The average molecular weight is 353 g/mol. The van der Waals surface area contributed by atoms with Crippen LogP contribution >= 0.6 is 15.9 Å². The molecule has 0 aliphatic heterocycles. The van der Waals surface area contributed by atoms with Crippen LogP contribution < -0.4 is 9.47 Å². The van der Waals surface area contributed by atoms with Crippen LogP contribution in [-0.4, -0.2) is 12.9 Å². The summed E-state index contributed by atoms with van der Waals surface area (Å²) in [4.78, 5) is 11.6. The highest BCUT2D eigenvalue weighted by atomic mass is 79.9. The molecular formula is C16H14BrFO3. The molecule has 0 saturated heterocycles. The lowest BCUT2D eigenvalue weighted by atomic mass is 10.1. The number of carbonyl (C=O) groups is 1. The fraction of sp³-hybridized carbons (Fsp3) is 0.188. The molecule has 0 unspecified atom stereocenters. The zero-order chi connectivity index (χ0) is 15.4. The van der Waals surface area contributed by atoms with Crippen molar-refractivity contribution in [1.29, 1.82) is 0 Å². The van der Waals surface area contributed by atoms with Crippen LogP contribution in [-0.2, 0) is 6.61 Å². The van der Waals surface area contributed by atoms with Gasteiger partial charge in [-0.25, -0.2) is 4.39 Å². The van der Waals surface area contributed by atoms with E-state index in [1.807, 2.05) is 0 Å². The highest BCUT2D eigenvalue weighted by Crippen LogP contribution is 2.26. The lowest BCUT2D eigenvalue weighted by Crippen LogP contribution is -2.04. The molecule has 2 aromatic rings. The van der Waals surface area contributed by atoms with Crippen molar-refractivity contribution in [3.05, 3.63) is 57.8 Å². The Morgan fingerprint density at radius 3 is 2.67 bits per heavy atom. The number of hydrogen-bond acceptors (Lipinski definition) is 3. The molecule has 0 aliphatic rings. The van der Waals surface area contributed by atoms with Crippen molar-refractivity contribution in [3.63, 3.8) is 0 Å². The van der Waals surface area contributed by atoms with Crippen LogP contribution in [0.5, 0.6) is 11.5 Å². The molecule has 0 spiro atoms. The second-order valence-electron chi connectivity index (χ2n) is 4.42. The molecule has 0 atom stereocenters. The first kappa shape index (κ1) is 15.5. The van der Waals surface area contributed by atoms with E-state index in [9.17, 15) is 9.18 Å². The number of ether oxygens (including phenoxy) is 2. The number of halogens is 2. The standard InChI is InChI=1S/C16H14BrFO3/c1-10(19)13-7-6-12(17)8-15(13)21-9-11-4-3-5-14(20-2)16(11)18/h3-8H,9H2,1-2H3. The second-order valence-corrected chi connectivity index (χ2v) is 5.33. The molecule has 0 aromatic heterocycles. The molecular weight excluding hydrogens is 339 g/mol. The molecule has 0 N–H and O–H groups in total. The third-order valence-electron chi connectivity index (χ3n) is 2.97. The summed E-state index contributed by atoms with van der Waals surface area (Å²) in [5.74, 6) is 0.0132. The van der Waals surface area contributed by atoms with Gasteiger partial charge in [0, 0.05) is 10.0 Å². The summed E-state index contributed by atoms with van der Waals surface area (Å²) in [5.41, 5.74) is 0.824. The summed E-state index contributed by atoms with van der Waals surface area (Å²) < 4.78 is 25.3. The molecule has 5 heteroatoms. The fourth-order valence-corrected chi connectivity index (χ4v) is 2.23. The fourth-order valence-electron chi connectivity index (χ4n) is 1.89. The van der Waals surface area contributed by atoms with Crippen molar-refractivity contribution >= 4 is 21.7 Å². The Balaban J connectivity index is 2.24. The van der Waals surface area contributed by atoms with Crippen LogP contribution in [0.4, 0.5) is 4.39 Å². The number of carbonyl (C=O) groups excluding carboxylic acids is 1. The molecule has 0 saturated carbocycles. The maximum atomic E-state index is 14.0. The van der Waals surface area contributed by atoms with Crippen LogP contribution in [0.25, 0.3) is 0 Å². The van der Waals surface area contributed by atoms with Gasteiger partial charge in [0.2, 0.25) is 0 Å². The maximum Gasteiger partial charge on any atom is 0.171 e. The number of Topliss-reactive ketones (excluding diaryl/α,β-unsaturated/α-hetero) is 1. The van der Waals surface area contributed by atoms with E-state index in [1.54, 1.807) is 36.4 Å². The molecule has 0 fully saturated rings. The second kappa shape index (κ2) is 6.72. The Kier molecular flexibility index (Phi) is 4.96. The van der Waals surface area contributed by atoms with E-state index in [4.69, 9.17) is 9.47 Å². The van der Waals surface area contributed by atoms with E-state index in [1.165, 1.54) is 14.0 Å². The third-order valence-corrected chi connectivity index (χ3v) is 3.46. The number of methoxy groups -OCH3 is 1. The number of benzene rings is 2. The summed E-state index contributed by atoms with van der Waals surface area (Å²) in [7, 11) is 1.41. The van der Waals surface area contributed by atoms with E-state index >= 15 is 0 Å². The first-order chi connectivity index (χ1) is 10.0. The van der Waals surface area contributed by atoms with Gasteiger partial charge in [-0.2, -0.15) is 0 Å². The molecule has 0 bridgehead atoms. The van der Waals surface area contributed by atoms with Gasteiger partial charge in [-0.05, 0) is 31.2 Å². The van der Waals surface area contributed by atoms with Crippen LogP contribution in [0.15, 0.2) is 40.9 Å².